The predicted octanol–water partition coefficient (Wildman–Crippen LogP) is 5.51. The fourth-order valence-electron chi connectivity index (χ4n) is 4.70. The summed E-state index contributed by atoms with van der Waals surface area (Å²) in [7, 11) is 0. The average molecular weight is 426 g/mol. The number of rotatable bonds is 7. The SMILES string of the molecule is O=C(Cc1cc(-c2cccc(NCC3CCCCC3)c2)c(Cl)cn1)[C@H]1CCCNC1. The van der Waals surface area contributed by atoms with E-state index in [-0.39, 0.29) is 11.7 Å². The molecule has 1 atom stereocenters. The highest BCUT2D eigenvalue weighted by atomic mass is 35.5. The molecule has 1 saturated heterocycles. The second kappa shape index (κ2) is 10.4. The van der Waals surface area contributed by atoms with E-state index in [0.29, 0.717) is 11.4 Å². The highest BCUT2D eigenvalue weighted by Gasteiger charge is 2.21. The van der Waals surface area contributed by atoms with E-state index in [0.717, 1.165) is 60.9 Å². The number of benzene rings is 1. The Morgan fingerprint density at radius 1 is 1.13 bits per heavy atom. The van der Waals surface area contributed by atoms with Gasteiger partial charge in [-0.3, -0.25) is 9.78 Å². The minimum Gasteiger partial charge on any atom is -0.385 e. The van der Waals surface area contributed by atoms with Gasteiger partial charge in [0.15, 0.2) is 0 Å². The number of aromatic nitrogens is 1. The molecule has 1 aliphatic carbocycles. The Morgan fingerprint density at radius 3 is 2.80 bits per heavy atom. The zero-order chi connectivity index (χ0) is 20.8. The van der Waals surface area contributed by atoms with Crippen LogP contribution in [0.25, 0.3) is 11.1 Å². The molecule has 1 aliphatic heterocycles. The Bertz CT molecular complexity index is 857. The van der Waals surface area contributed by atoms with Gasteiger partial charge in [0.25, 0.3) is 0 Å². The van der Waals surface area contributed by atoms with Gasteiger partial charge in [-0.25, -0.2) is 0 Å². The third-order valence-corrected chi connectivity index (χ3v) is 6.81. The van der Waals surface area contributed by atoms with E-state index in [1.54, 1.807) is 6.20 Å². The van der Waals surface area contributed by atoms with Crippen LogP contribution in [-0.2, 0) is 11.2 Å². The van der Waals surface area contributed by atoms with Crippen LogP contribution in [0.2, 0.25) is 5.02 Å². The molecule has 0 bridgehead atoms. The molecular formula is C25H32ClN3O. The summed E-state index contributed by atoms with van der Waals surface area (Å²) >= 11 is 6.49. The van der Waals surface area contributed by atoms with Crippen LogP contribution in [0.5, 0.6) is 0 Å². The minimum absolute atomic E-state index is 0.104. The Morgan fingerprint density at radius 2 is 2.00 bits per heavy atom. The molecule has 2 N–H and O–H groups in total. The number of hydrogen-bond acceptors (Lipinski definition) is 4. The highest BCUT2D eigenvalue weighted by molar-refractivity contribution is 6.33. The normalized spacial score (nSPS) is 20.1. The molecule has 2 heterocycles. The van der Waals surface area contributed by atoms with Gasteiger partial charge in [-0.2, -0.15) is 0 Å². The number of carbonyl (C=O) groups excluding carboxylic acids is 1. The maximum absolute atomic E-state index is 12.7. The van der Waals surface area contributed by atoms with Crippen molar-refractivity contribution in [1.29, 1.82) is 0 Å². The van der Waals surface area contributed by atoms with Crippen LogP contribution in [0, 0.1) is 11.8 Å². The van der Waals surface area contributed by atoms with Crippen molar-refractivity contribution in [1.82, 2.24) is 10.3 Å². The summed E-state index contributed by atoms with van der Waals surface area (Å²) in [6.07, 6.45) is 10.9. The summed E-state index contributed by atoms with van der Waals surface area (Å²) < 4.78 is 0. The van der Waals surface area contributed by atoms with E-state index < -0.39 is 0 Å². The number of hydrogen-bond donors (Lipinski definition) is 2. The summed E-state index contributed by atoms with van der Waals surface area (Å²) in [6.45, 7) is 2.83. The number of carbonyl (C=O) groups is 1. The third kappa shape index (κ3) is 5.61. The first kappa shape index (κ1) is 21.3. The summed E-state index contributed by atoms with van der Waals surface area (Å²) in [4.78, 5) is 17.1. The Kier molecular flexibility index (Phi) is 7.40. The Hall–Kier alpha value is -1.91. The van der Waals surface area contributed by atoms with Crippen molar-refractivity contribution in [2.24, 2.45) is 11.8 Å². The molecule has 30 heavy (non-hydrogen) atoms. The third-order valence-electron chi connectivity index (χ3n) is 6.51. The molecule has 2 fully saturated rings. The minimum atomic E-state index is 0.104. The first-order chi connectivity index (χ1) is 14.7. The molecule has 0 radical (unpaired) electrons. The largest absolute Gasteiger partial charge is 0.385 e. The molecule has 160 valence electrons. The summed E-state index contributed by atoms with van der Waals surface area (Å²) in [5.74, 6) is 1.15. The molecule has 0 spiro atoms. The topological polar surface area (TPSA) is 54.0 Å². The van der Waals surface area contributed by atoms with Crippen molar-refractivity contribution in [2.45, 2.75) is 51.4 Å². The number of anilines is 1. The fourth-order valence-corrected chi connectivity index (χ4v) is 4.91. The van der Waals surface area contributed by atoms with Crippen molar-refractivity contribution in [2.75, 3.05) is 25.0 Å². The lowest BCUT2D eigenvalue weighted by Gasteiger charge is -2.22. The fraction of sp³-hybridized carbons (Fsp3) is 0.520. The van der Waals surface area contributed by atoms with E-state index in [1.165, 1.54) is 32.1 Å². The van der Waals surface area contributed by atoms with Crippen LogP contribution in [0.15, 0.2) is 36.5 Å². The van der Waals surface area contributed by atoms with Crippen LogP contribution in [0.3, 0.4) is 0 Å². The van der Waals surface area contributed by atoms with E-state index in [1.807, 2.05) is 6.07 Å². The van der Waals surface area contributed by atoms with Gasteiger partial charge in [0.05, 0.1) is 5.02 Å². The average Bonchev–Trinajstić information content (AvgIpc) is 2.80. The molecule has 0 unspecified atom stereocenters. The van der Waals surface area contributed by atoms with Crippen molar-refractivity contribution in [3.05, 3.63) is 47.2 Å². The number of piperidine rings is 1. The molecule has 1 aromatic carbocycles. The summed E-state index contributed by atoms with van der Waals surface area (Å²) in [6, 6.07) is 10.4. The van der Waals surface area contributed by atoms with Crippen molar-refractivity contribution >= 4 is 23.1 Å². The van der Waals surface area contributed by atoms with Gasteiger partial charge in [-0.15, -0.1) is 0 Å². The van der Waals surface area contributed by atoms with Gasteiger partial charge in [0.2, 0.25) is 0 Å². The lowest BCUT2D eigenvalue weighted by molar-refractivity contribution is -0.122. The number of Topliss-reactive ketones (excluding diaryl/α,β-unsaturated/α-hetero) is 1. The van der Waals surface area contributed by atoms with Crippen LogP contribution in [0.1, 0.15) is 50.6 Å². The van der Waals surface area contributed by atoms with E-state index in [4.69, 9.17) is 11.6 Å². The molecule has 1 aromatic heterocycles. The highest BCUT2D eigenvalue weighted by Crippen LogP contribution is 2.31. The van der Waals surface area contributed by atoms with E-state index >= 15 is 0 Å². The summed E-state index contributed by atoms with van der Waals surface area (Å²) in [5.41, 5.74) is 3.92. The van der Waals surface area contributed by atoms with Gasteiger partial charge in [0.1, 0.15) is 5.78 Å². The van der Waals surface area contributed by atoms with Crippen molar-refractivity contribution in [3.8, 4) is 11.1 Å². The first-order valence-corrected chi connectivity index (χ1v) is 11.8. The standard InChI is InChI=1S/C25H32ClN3O/c26-24-17-29-22(14-25(30)20-9-5-11-27-16-20)13-23(24)19-8-4-10-21(12-19)28-15-18-6-2-1-3-7-18/h4,8,10,12-13,17-18,20,27-28H,1-3,5-7,9,11,14-16H2/t20-/m0/s1. The van der Waals surface area contributed by atoms with Gasteiger partial charge < -0.3 is 10.6 Å². The second-order valence-corrected chi connectivity index (χ2v) is 9.21. The van der Waals surface area contributed by atoms with Crippen LogP contribution in [-0.4, -0.2) is 30.4 Å². The van der Waals surface area contributed by atoms with Crippen molar-refractivity contribution in [3.63, 3.8) is 0 Å². The molecular weight excluding hydrogens is 394 g/mol. The lowest BCUT2D eigenvalue weighted by Crippen LogP contribution is -2.35. The zero-order valence-electron chi connectivity index (χ0n) is 17.6. The first-order valence-electron chi connectivity index (χ1n) is 11.4. The van der Waals surface area contributed by atoms with Gasteiger partial charge >= 0.3 is 0 Å². The Labute approximate surface area is 184 Å². The molecule has 4 nitrogen and oxygen atoms in total. The number of halogens is 1. The monoisotopic (exact) mass is 425 g/mol. The smallest absolute Gasteiger partial charge is 0.143 e. The van der Waals surface area contributed by atoms with Gasteiger partial charge in [0, 0.05) is 48.6 Å². The Balaban J connectivity index is 1.45. The quantitative estimate of drug-likeness (QED) is 0.614. The van der Waals surface area contributed by atoms with E-state index in [9.17, 15) is 4.79 Å². The second-order valence-electron chi connectivity index (χ2n) is 8.81. The lowest BCUT2D eigenvalue weighted by atomic mass is 9.89. The van der Waals surface area contributed by atoms with Crippen LogP contribution < -0.4 is 10.6 Å². The van der Waals surface area contributed by atoms with Gasteiger partial charge in [-0.05, 0) is 61.9 Å². The molecule has 5 heteroatoms. The molecule has 0 amide bonds. The van der Waals surface area contributed by atoms with Gasteiger partial charge in [-0.1, -0.05) is 43.0 Å². The summed E-state index contributed by atoms with van der Waals surface area (Å²) in [5, 5.41) is 7.55. The maximum atomic E-state index is 12.7. The van der Waals surface area contributed by atoms with E-state index in [2.05, 4.69) is 39.9 Å². The molecule has 4 rings (SSSR count). The zero-order valence-corrected chi connectivity index (χ0v) is 18.4. The predicted molar refractivity (Wildman–Crippen MR) is 124 cm³/mol. The van der Waals surface area contributed by atoms with Crippen LogP contribution in [0.4, 0.5) is 5.69 Å². The van der Waals surface area contributed by atoms with Crippen LogP contribution >= 0.6 is 11.6 Å². The molecule has 1 saturated carbocycles. The molecule has 2 aromatic rings. The van der Waals surface area contributed by atoms with Crippen molar-refractivity contribution < 1.29 is 4.79 Å². The number of ketones is 1. The number of nitrogens with one attached hydrogen (secondary N) is 2. The molecule has 2 aliphatic rings. The maximum Gasteiger partial charge on any atom is 0.143 e. The number of nitrogens with zero attached hydrogens (tertiary/aromatic N) is 1. The number of pyridine rings is 1.